The fourth-order valence-electron chi connectivity index (χ4n) is 4.99. The smallest absolute Gasteiger partial charge is 0.240 e. The first-order valence-electron chi connectivity index (χ1n) is 12.1. The summed E-state index contributed by atoms with van der Waals surface area (Å²) in [6.07, 6.45) is 9.20. The van der Waals surface area contributed by atoms with Crippen LogP contribution in [-0.4, -0.2) is 91.1 Å². The van der Waals surface area contributed by atoms with Crippen molar-refractivity contribution in [3.8, 4) is 0 Å². The molecule has 2 saturated heterocycles. The Morgan fingerprint density at radius 2 is 1.43 bits per heavy atom. The molecule has 12 heteroatoms. The molecular weight excluding hydrogens is 517 g/mol. The first-order chi connectivity index (χ1) is 16.6. The van der Waals surface area contributed by atoms with Crippen LogP contribution in [0.4, 0.5) is 5.95 Å². The van der Waals surface area contributed by atoms with E-state index in [2.05, 4.69) is 19.8 Å². The minimum atomic E-state index is -1.97. The second-order valence-corrected chi connectivity index (χ2v) is 11.9. The number of piperidine rings is 1. The molecule has 1 spiro atoms. The number of amides is 2. The van der Waals surface area contributed by atoms with E-state index >= 15 is 0 Å². The molecule has 2 aliphatic heterocycles. The molecule has 0 atom stereocenters. The Hall–Kier alpha value is -1.23. The predicted octanol–water partition coefficient (Wildman–Crippen LogP) is 2.76. The number of aliphatic hydroxyl groups excluding tert-OH is 1. The minimum absolute atomic E-state index is 0.00676. The van der Waals surface area contributed by atoms with Gasteiger partial charge in [0.05, 0.1) is 0 Å². The highest BCUT2D eigenvalue weighted by atomic mass is 35.6. The van der Waals surface area contributed by atoms with Gasteiger partial charge in [-0.15, -0.1) is 0 Å². The molecule has 1 aromatic rings. The SMILES string of the molecule is O=C1CC2(CCCC2)CC(=O)N1CCCCN1CCN(c2ncccn2)CC1.OC(O)C(Cl)(Cl)Cl. The molecule has 0 bridgehead atoms. The summed E-state index contributed by atoms with van der Waals surface area (Å²) in [5, 5.41) is 16.1. The summed E-state index contributed by atoms with van der Waals surface area (Å²) in [4.78, 5) is 39.9. The highest BCUT2D eigenvalue weighted by Crippen LogP contribution is 2.46. The second kappa shape index (κ2) is 12.8. The molecule has 196 valence electrons. The van der Waals surface area contributed by atoms with Crippen molar-refractivity contribution in [2.24, 2.45) is 5.41 Å². The van der Waals surface area contributed by atoms with Crippen LogP contribution in [0.25, 0.3) is 0 Å². The third-order valence-corrected chi connectivity index (χ3v) is 7.51. The van der Waals surface area contributed by atoms with Crippen LogP contribution in [0.15, 0.2) is 18.5 Å². The maximum absolute atomic E-state index is 12.5. The number of alkyl halides is 3. The average Bonchev–Trinajstić information content (AvgIpc) is 3.26. The minimum Gasteiger partial charge on any atom is -0.365 e. The zero-order chi connectivity index (χ0) is 25.5. The van der Waals surface area contributed by atoms with Crippen molar-refractivity contribution >= 4 is 52.6 Å². The Labute approximate surface area is 221 Å². The van der Waals surface area contributed by atoms with Crippen LogP contribution in [0.5, 0.6) is 0 Å². The zero-order valence-electron chi connectivity index (χ0n) is 19.8. The van der Waals surface area contributed by atoms with Crippen LogP contribution in [0.2, 0.25) is 0 Å². The van der Waals surface area contributed by atoms with E-state index in [0.717, 1.165) is 64.4 Å². The van der Waals surface area contributed by atoms with Crippen molar-refractivity contribution in [3.63, 3.8) is 0 Å². The second-order valence-electron chi connectivity index (χ2n) is 9.50. The van der Waals surface area contributed by atoms with Crippen LogP contribution in [0.1, 0.15) is 51.4 Å². The van der Waals surface area contributed by atoms with Crippen LogP contribution in [0.3, 0.4) is 0 Å². The highest BCUT2D eigenvalue weighted by molar-refractivity contribution is 6.67. The maximum Gasteiger partial charge on any atom is 0.240 e. The molecule has 1 aliphatic carbocycles. The molecule has 9 nitrogen and oxygen atoms in total. The van der Waals surface area contributed by atoms with Crippen molar-refractivity contribution in [1.82, 2.24) is 19.8 Å². The number of unbranched alkanes of at least 4 members (excludes halogenated alkanes) is 1. The van der Waals surface area contributed by atoms with Gasteiger partial charge in [0.1, 0.15) is 0 Å². The molecule has 2 amide bonds. The summed E-state index contributed by atoms with van der Waals surface area (Å²) in [6.45, 7) is 5.49. The number of aliphatic hydroxyl groups is 2. The number of aromatic nitrogens is 2. The van der Waals surface area contributed by atoms with Gasteiger partial charge in [-0.1, -0.05) is 47.6 Å². The van der Waals surface area contributed by atoms with E-state index in [0.29, 0.717) is 19.4 Å². The van der Waals surface area contributed by atoms with Crippen molar-refractivity contribution in [3.05, 3.63) is 18.5 Å². The van der Waals surface area contributed by atoms with E-state index in [9.17, 15) is 9.59 Å². The van der Waals surface area contributed by atoms with Crippen molar-refractivity contribution in [2.75, 3.05) is 44.2 Å². The average molecular weight is 551 g/mol. The van der Waals surface area contributed by atoms with Gasteiger partial charge in [0.15, 0.2) is 6.29 Å². The molecule has 2 N–H and O–H groups in total. The summed E-state index contributed by atoms with van der Waals surface area (Å²) < 4.78 is -1.97. The zero-order valence-corrected chi connectivity index (χ0v) is 22.1. The van der Waals surface area contributed by atoms with E-state index in [4.69, 9.17) is 45.0 Å². The number of imide groups is 1. The largest absolute Gasteiger partial charge is 0.365 e. The van der Waals surface area contributed by atoms with Gasteiger partial charge in [-0.25, -0.2) is 9.97 Å². The number of carbonyl (C=O) groups excluding carboxylic acids is 2. The predicted molar refractivity (Wildman–Crippen MR) is 135 cm³/mol. The lowest BCUT2D eigenvalue weighted by atomic mass is 9.76. The monoisotopic (exact) mass is 549 g/mol. The molecule has 0 unspecified atom stereocenters. The molecule has 35 heavy (non-hydrogen) atoms. The fraction of sp³-hybridized carbons (Fsp3) is 0.739. The van der Waals surface area contributed by atoms with Crippen LogP contribution in [0, 0.1) is 5.41 Å². The van der Waals surface area contributed by atoms with Gasteiger partial charge in [0.2, 0.25) is 21.6 Å². The van der Waals surface area contributed by atoms with Gasteiger partial charge in [-0.3, -0.25) is 19.4 Å². The van der Waals surface area contributed by atoms with Gasteiger partial charge in [0, 0.05) is 58.0 Å². The number of anilines is 1. The topological polar surface area (TPSA) is 110 Å². The van der Waals surface area contributed by atoms with Crippen LogP contribution < -0.4 is 4.90 Å². The Morgan fingerprint density at radius 1 is 0.914 bits per heavy atom. The lowest BCUT2D eigenvalue weighted by Crippen LogP contribution is -2.48. The first-order valence-corrected chi connectivity index (χ1v) is 13.2. The maximum atomic E-state index is 12.5. The summed E-state index contributed by atoms with van der Waals surface area (Å²) in [5.41, 5.74) is 0.00676. The first kappa shape index (κ1) is 28.3. The number of hydrogen-bond acceptors (Lipinski definition) is 8. The molecule has 0 aromatic carbocycles. The quantitative estimate of drug-likeness (QED) is 0.241. The van der Waals surface area contributed by atoms with Gasteiger partial charge >= 0.3 is 0 Å². The molecule has 1 aromatic heterocycles. The molecule has 4 rings (SSSR count). The molecule has 3 aliphatic rings. The number of halogens is 3. The summed E-state index contributed by atoms with van der Waals surface area (Å²) in [7, 11) is 0. The summed E-state index contributed by atoms with van der Waals surface area (Å²) in [5.74, 6) is 0.938. The number of hydrogen-bond donors (Lipinski definition) is 2. The highest BCUT2D eigenvalue weighted by Gasteiger charge is 2.44. The van der Waals surface area contributed by atoms with Crippen LogP contribution in [-0.2, 0) is 9.59 Å². The Balaban J connectivity index is 0.000000429. The third-order valence-electron chi connectivity index (χ3n) is 6.92. The number of nitrogens with zero attached hydrogens (tertiary/aromatic N) is 5. The van der Waals surface area contributed by atoms with Crippen molar-refractivity contribution in [1.29, 1.82) is 0 Å². The summed E-state index contributed by atoms with van der Waals surface area (Å²) >= 11 is 14.7. The molecule has 0 radical (unpaired) electrons. The third kappa shape index (κ3) is 8.40. The fourth-order valence-corrected chi connectivity index (χ4v) is 4.99. The standard InChI is InChI=1S/C21H31N5O2.C2H3Cl3O2/c27-18-16-21(6-1-2-7-21)17-19(28)26(18)11-4-3-10-24-12-14-25(15-13-24)20-22-8-5-9-23-20;3-2(4,5)1(6)7/h5,8-9H,1-4,6-7,10-17H2;1,6-7H. The molecule has 1 saturated carbocycles. The van der Waals surface area contributed by atoms with E-state index in [-0.39, 0.29) is 17.2 Å². The van der Waals surface area contributed by atoms with Crippen LogP contribution >= 0.6 is 34.8 Å². The Morgan fingerprint density at radius 3 is 1.94 bits per heavy atom. The lowest BCUT2D eigenvalue weighted by molar-refractivity contribution is -0.153. The summed E-state index contributed by atoms with van der Waals surface area (Å²) in [6, 6.07) is 1.84. The molecule has 3 heterocycles. The lowest BCUT2D eigenvalue weighted by Gasteiger charge is -2.37. The van der Waals surface area contributed by atoms with Gasteiger partial charge in [-0.2, -0.15) is 0 Å². The number of likely N-dealkylation sites (tertiary alicyclic amines) is 1. The van der Waals surface area contributed by atoms with E-state index in [1.165, 1.54) is 17.7 Å². The number of carbonyl (C=O) groups is 2. The number of rotatable bonds is 6. The van der Waals surface area contributed by atoms with Gasteiger partial charge < -0.3 is 15.1 Å². The van der Waals surface area contributed by atoms with Gasteiger partial charge in [0.25, 0.3) is 0 Å². The Bertz CT molecular complexity index is 806. The Kier molecular flexibility index (Phi) is 10.4. The van der Waals surface area contributed by atoms with Crippen molar-refractivity contribution in [2.45, 2.75) is 61.4 Å². The van der Waals surface area contributed by atoms with Gasteiger partial charge in [-0.05, 0) is 43.7 Å². The number of piperazine rings is 1. The van der Waals surface area contributed by atoms with E-state index < -0.39 is 10.1 Å². The molecular formula is C23H34Cl3N5O4. The van der Waals surface area contributed by atoms with E-state index in [1.807, 2.05) is 6.07 Å². The molecule has 3 fully saturated rings. The van der Waals surface area contributed by atoms with Crippen molar-refractivity contribution < 1.29 is 19.8 Å². The van der Waals surface area contributed by atoms with E-state index in [1.54, 1.807) is 12.4 Å². The normalized spacial score (nSPS) is 21.0.